The first-order valence-corrected chi connectivity index (χ1v) is 4.84. The first-order chi connectivity index (χ1) is 9.44. The molecule has 0 aromatic heterocycles. The minimum atomic E-state index is -2.34. The van der Waals surface area contributed by atoms with Crippen molar-refractivity contribution in [3.05, 3.63) is 57.5 Å². The minimum Gasteiger partial charge on any atom is -0.208 e. The van der Waals surface area contributed by atoms with E-state index in [-0.39, 0.29) is 0 Å². The molecule has 1 rings (SSSR count). The van der Waals surface area contributed by atoms with Crippen LogP contribution in [-0.4, -0.2) is 0 Å². The molecule has 4 nitrogen and oxygen atoms in total. The molecule has 1 aliphatic carbocycles. The van der Waals surface area contributed by atoms with E-state index in [1.807, 2.05) is 0 Å². The fraction of sp³-hybridized carbons (Fsp3) is 0.167. The quantitative estimate of drug-likeness (QED) is 0.543. The van der Waals surface area contributed by atoms with Gasteiger partial charge in [-0.1, -0.05) is 0 Å². The van der Waals surface area contributed by atoms with E-state index in [2.05, 4.69) is 9.69 Å². The lowest BCUT2D eigenvalue weighted by Crippen LogP contribution is -2.19. The average molecular weight is 278 g/mol. The molecule has 0 bridgehead atoms. The van der Waals surface area contributed by atoms with Gasteiger partial charge in [0.25, 0.3) is 0 Å². The molecule has 0 atom stereocenters. The Labute approximate surface area is 110 Å². The van der Waals surface area contributed by atoms with E-state index in [9.17, 15) is 17.6 Å². The average Bonchev–Trinajstić information content (AvgIpc) is 2.46. The predicted molar refractivity (Wildman–Crippen MR) is 56.9 cm³/mol. The van der Waals surface area contributed by atoms with E-state index in [0.29, 0.717) is 0 Å². The molecule has 20 heavy (non-hydrogen) atoms. The molecule has 0 saturated carbocycles. The van der Waals surface area contributed by atoms with Gasteiger partial charge in [0.15, 0.2) is 11.7 Å². The van der Waals surface area contributed by atoms with Gasteiger partial charge < -0.3 is 0 Å². The second-order valence-corrected chi connectivity index (χ2v) is 3.46. The highest BCUT2D eigenvalue weighted by atomic mass is 19.2. The Morgan fingerprint density at radius 3 is 1.70 bits per heavy atom. The van der Waals surface area contributed by atoms with E-state index < -0.39 is 46.5 Å². The van der Waals surface area contributed by atoms with E-state index in [4.69, 9.17) is 23.7 Å². The molecular weight excluding hydrogens is 276 g/mol. The van der Waals surface area contributed by atoms with E-state index in [0.717, 1.165) is 0 Å². The summed E-state index contributed by atoms with van der Waals surface area (Å²) in [5.74, 6) is -13.2. The van der Waals surface area contributed by atoms with Crippen LogP contribution in [0.1, 0.15) is 0 Å². The summed E-state index contributed by atoms with van der Waals surface area (Å²) < 4.78 is 54.7. The van der Waals surface area contributed by atoms with E-state index in [1.165, 1.54) is 12.1 Å². The summed E-state index contributed by atoms with van der Waals surface area (Å²) >= 11 is 0. The van der Waals surface area contributed by atoms with Gasteiger partial charge in [-0.05, 0) is 0 Å². The lowest BCUT2D eigenvalue weighted by molar-refractivity contribution is 0.350. The number of hydrogen-bond acceptors (Lipinski definition) is 2. The molecule has 0 saturated heterocycles. The van der Waals surface area contributed by atoms with Crippen LogP contribution in [0.5, 0.6) is 0 Å². The zero-order valence-electron chi connectivity index (χ0n) is 9.46. The summed E-state index contributed by atoms with van der Waals surface area (Å²) in [5.41, 5.74) is -1.43. The van der Waals surface area contributed by atoms with Crippen molar-refractivity contribution in [1.82, 2.24) is 0 Å². The highest BCUT2D eigenvalue weighted by Crippen LogP contribution is 2.45. The monoisotopic (exact) mass is 278 g/mol. The van der Waals surface area contributed by atoms with E-state index >= 15 is 0 Å². The summed E-state index contributed by atoms with van der Waals surface area (Å²) in [6, 6.07) is 2.43. The van der Waals surface area contributed by atoms with Crippen molar-refractivity contribution in [3.63, 3.8) is 0 Å². The second kappa shape index (κ2) is 5.69. The van der Waals surface area contributed by atoms with Crippen LogP contribution < -0.4 is 0 Å². The van der Waals surface area contributed by atoms with Crippen LogP contribution in [0.15, 0.2) is 34.7 Å². The molecule has 0 radical (unpaired) electrons. The molecule has 0 aromatic carbocycles. The van der Waals surface area contributed by atoms with E-state index in [1.54, 1.807) is 0 Å². The maximum Gasteiger partial charge on any atom is 0.532 e. The Hall–Kier alpha value is -3.10. The molecule has 1 aliphatic rings. The number of rotatable bonds is 1. The van der Waals surface area contributed by atoms with Crippen molar-refractivity contribution >= 4 is 0 Å². The van der Waals surface area contributed by atoms with Gasteiger partial charge in [-0.3, -0.25) is 0 Å². The molecule has 0 unspecified atom stereocenters. The number of allylic oxidation sites excluding steroid dienone is 5. The number of hydrogen-bond donors (Lipinski definition) is 0. The predicted octanol–water partition coefficient (Wildman–Crippen LogP) is 3.63. The van der Waals surface area contributed by atoms with Crippen molar-refractivity contribution in [3.8, 4) is 12.1 Å². The maximum absolute atomic E-state index is 13.7. The number of nitriles is 2. The van der Waals surface area contributed by atoms with Crippen molar-refractivity contribution in [1.29, 1.82) is 10.5 Å². The maximum atomic E-state index is 13.7. The largest absolute Gasteiger partial charge is 0.532 e. The number of nitrogens with zero attached hydrogens (tertiary/aromatic N) is 4. The Balaban J connectivity index is 3.67. The second-order valence-electron chi connectivity index (χ2n) is 3.46. The smallest absolute Gasteiger partial charge is 0.208 e. The van der Waals surface area contributed by atoms with Crippen molar-refractivity contribution in [2.45, 2.75) is 0 Å². The SMILES string of the molecule is [C-]#[N+]C([N+]#[C-])=C1C(F)=C(F)C(C(C#N)C#N)C(F)=C1F. The molecule has 0 fully saturated rings. The molecular formula is C12H2F4N4. The third-order valence-corrected chi connectivity index (χ3v) is 2.45. The van der Waals surface area contributed by atoms with Crippen molar-refractivity contribution in [2.75, 3.05) is 0 Å². The van der Waals surface area contributed by atoms with Crippen LogP contribution in [0, 0.1) is 47.6 Å². The highest BCUT2D eigenvalue weighted by molar-refractivity contribution is 5.54. The highest BCUT2D eigenvalue weighted by Gasteiger charge is 2.43. The van der Waals surface area contributed by atoms with Gasteiger partial charge in [0, 0.05) is 0 Å². The van der Waals surface area contributed by atoms with Crippen LogP contribution in [-0.2, 0) is 0 Å². The lowest BCUT2D eigenvalue weighted by atomic mass is 9.86. The van der Waals surface area contributed by atoms with Gasteiger partial charge >= 0.3 is 5.82 Å². The van der Waals surface area contributed by atoms with Gasteiger partial charge in [-0.15, -0.1) is 0 Å². The molecule has 0 spiro atoms. The zero-order valence-corrected chi connectivity index (χ0v) is 9.46. The fourth-order valence-corrected chi connectivity index (χ4v) is 1.52. The van der Waals surface area contributed by atoms with Gasteiger partial charge in [-0.25, -0.2) is 17.6 Å². The van der Waals surface area contributed by atoms with Crippen LogP contribution in [0.2, 0.25) is 0 Å². The summed E-state index contributed by atoms with van der Waals surface area (Å²) in [5, 5.41) is 17.1. The van der Waals surface area contributed by atoms with Crippen LogP contribution in [0.3, 0.4) is 0 Å². The summed E-state index contributed by atoms with van der Waals surface area (Å²) in [6.45, 7) is 13.1. The molecule has 98 valence electrons. The van der Waals surface area contributed by atoms with Crippen LogP contribution in [0.25, 0.3) is 9.69 Å². The summed E-state index contributed by atoms with van der Waals surface area (Å²) in [7, 11) is 0. The molecule has 0 aliphatic heterocycles. The standard InChI is InChI=1S/C12H2F4N4/c1-19-12(20-2)7-10(15)8(13)6(5(3-17)4-18)9(14)11(7)16/h5-6H. The Morgan fingerprint density at radius 1 is 1.00 bits per heavy atom. The molecule has 0 amide bonds. The van der Waals surface area contributed by atoms with Gasteiger partial charge in [0.05, 0.1) is 18.1 Å². The third kappa shape index (κ3) is 2.11. The Bertz CT molecular complexity index is 661. The van der Waals surface area contributed by atoms with Gasteiger partial charge in [0.1, 0.15) is 36.3 Å². The molecule has 0 aromatic rings. The number of halogens is 4. The van der Waals surface area contributed by atoms with Crippen LogP contribution in [0.4, 0.5) is 17.6 Å². The molecule has 8 heteroatoms. The van der Waals surface area contributed by atoms with Gasteiger partial charge in [0.2, 0.25) is 0 Å². The fourth-order valence-electron chi connectivity index (χ4n) is 1.52. The topological polar surface area (TPSA) is 56.3 Å². The van der Waals surface area contributed by atoms with Gasteiger partial charge in [-0.2, -0.15) is 20.2 Å². The van der Waals surface area contributed by atoms with Crippen LogP contribution >= 0.6 is 0 Å². The molecule has 0 N–H and O–H groups in total. The Kier molecular flexibility index (Phi) is 4.26. The Morgan fingerprint density at radius 2 is 1.40 bits per heavy atom. The lowest BCUT2D eigenvalue weighted by Gasteiger charge is -2.19. The zero-order chi connectivity index (χ0) is 15.4. The minimum absolute atomic E-state index is 1.19. The van der Waals surface area contributed by atoms with Crippen molar-refractivity contribution < 1.29 is 17.6 Å². The van der Waals surface area contributed by atoms with Crippen molar-refractivity contribution in [2.24, 2.45) is 11.8 Å². The third-order valence-electron chi connectivity index (χ3n) is 2.45. The normalized spacial score (nSPS) is 18.2. The first-order valence-electron chi connectivity index (χ1n) is 4.84. The summed E-state index contributed by atoms with van der Waals surface area (Å²) in [4.78, 5) is 4.95. The first kappa shape index (κ1) is 15.0. The summed E-state index contributed by atoms with van der Waals surface area (Å²) in [6.07, 6.45) is 0. The molecule has 0 heterocycles.